The van der Waals surface area contributed by atoms with Crippen LogP contribution >= 0.6 is 0 Å². The molecule has 3 nitrogen and oxygen atoms in total. The molecule has 1 aromatic carbocycles. The van der Waals surface area contributed by atoms with Crippen molar-refractivity contribution in [2.75, 3.05) is 6.61 Å². The summed E-state index contributed by atoms with van der Waals surface area (Å²) in [7, 11) is 0. The van der Waals surface area contributed by atoms with Crippen molar-refractivity contribution in [3.05, 3.63) is 17.2 Å². The molecule has 0 atom stereocenters. The van der Waals surface area contributed by atoms with Crippen LogP contribution in [0.4, 0.5) is 0 Å². The number of hydrogen-bond donors (Lipinski definition) is 2. The van der Waals surface area contributed by atoms with Gasteiger partial charge in [0.05, 0.1) is 6.61 Å². The fraction of sp³-hybridized carbons (Fsp3) is 0.793. The molecule has 0 saturated carbocycles. The second kappa shape index (κ2) is 19.1. The molecule has 1 aromatic rings. The first-order valence-corrected chi connectivity index (χ1v) is 13.8. The van der Waals surface area contributed by atoms with Gasteiger partial charge in [0.2, 0.25) is 5.75 Å². The van der Waals surface area contributed by atoms with Crippen molar-refractivity contribution in [2.24, 2.45) is 0 Å². The summed E-state index contributed by atoms with van der Waals surface area (Å²) in [6.45, 7) is 7.34. The second-order valence-corrected chi connectivity index (χ2v) is 9.51. The first kappa shape index (κ1) is 28.7. The van der Waals surface area contributed by atoms with Crippen LogP contribution in [0, 0.1) is 0 Å². The number of aromatic hydroxyl groups is 2. The quantitative estimate of drug-likeness (QED) is 0.145. The molecule has 0 amide bonds. The minimum Gasteiger partial charge on any atom is -0.504 e. The van der Waals surface area contributed by atoms with E-state index in [0.717, 1.165) is 37.7 Å². The molecule has 0 aliphatic heterocycles. The average Bonchev–Trinajstić information content (AvgIpc) is 2.79. The number of aryl methyl sites for hydroxylation is 1. The van der Waals surface area contributed by atoms with Gasteiger partial charge in [-0.3, -0.25) is 0 Å². The molecule has 32 heavy (non-hydrogen) atoms. The van der Waals surface area contributed by atoms with Crippen molar-refractivity contribution in [1.82, 2.24) is 0 Å². The topological polar surface area (TPSA) is 49.7 Å². The summed E-state index contributed by atoms with van der Waals surface area (Å²) in [5.41, 5.74) is 2.30. The number of phenolic OH excluding ortho intramolecular Hbond substituents is 2. The van der Waals surface area contributed by atoms with E-state index in [9.17, 15) is 10.2 Å². The first-order valence-electron chi connectivity index (χ1n) is 13.8. The van der Waals surface area contributed by atoms with Gasteiger partial charge < -0.3 is 14.9 Å². The van der Waals surface area contributed by atoms with Crippen LogP contribution < -0.4 is 4.74 Å². The summed E-state index contributed by atoms with van der Waals surface area (Å²) in [4.78, 5) is 0. The molecule has 0 radical (unpaired) electrons. The monoisotopic (exact) mass is 448 g/mol. The van der Waals surface area contributed by atoms with Crippen molar-refractivity contribution in [3.63, 3.8) is 0 Å². The SMILES string of the molecule is CCCCCCCCCOc1c(O)c(O)cc(CCCCCCC)c1CCCCCCC. The maximum Gasteiger partial charge on any atom is 0.200 e. The minimum atomic E-state index is -0.0637. The Morgan fingerprint density at radius 3 is 1.62 bits per heavy atom. The van der Waals surface area contributed by atoms with E-state index in [4.69, 9.17) is 4.74 Å². The third-order valence-electron chi connectivity index (χ3n) is 6.50. The Kier molecular flexibility index (Phi) is 17.1. The molecule has 0 aliphatic carbocycles. The van der Waals surface area contributed by atoms with Crippen LogP contribution in [-0.4, -0.2) is 16.8 Å². The molecular formula is C29H52O3. The summed E-state index contributed by atoms with van der Waals surface area (Å²) < 4.78 is 6.13. The largest absolute Gasteiger partial charge is 0.504 e. The molecule has 2 N–H and O–H groups in total. The highest BCUT2D eigenvalue weighted by atomic mass is 16.5. The normalized spacial score (nSPS) is 11.2. The van der Waals surface area contributed by atoms with Gasteiger partial charge in [0.15, 0.2) is 11.5 Å². The molecule has 0 spiro atoms. The Morgan fingerprint density at radius 1 is 0.594 bits per heavy atom. The summed E-state index contributed by atoms with van der Waals surface area (Å²) in [6, 6.07) is 1.79. The molecule has 1 rings (SSSR count). The lowest BCUT2D eigenvalue weighted by Gasteiger charge is -2.18. The molecule has 0 fully saturated rings. The number of hydrogen-bond acceptors (Lipinski definition) is 3. The van der Waals surface area contributed by atoms with Crippen LogP contribution in [0.5, 0.6) is 17.2 Å². The van der Waals surface area contributed by atoms with Crippen molar-refractivity contribution < 1.29 is 14.9 Å². The van der Waals surface area contributed by atoms with Crippen LogP contribution in [0.3, 0.4) is 0 Å². The van der Waals surface area contributed by atoms with Crippen LogP contribution in [0.2, 0.25) is 0 Å². The van der Waals surface area contributed by atoms with Crippen LogP contribution in [0.15, 0.2) is 6.07 Å². The maximum absolute atomic E-state index is 10.6. The van der Waals surface area contributed by atoms with Crippen molar-refractivity contribution >= 4 is 0 Å². The second-order valence-electron chi connectivity index (χ2n) is 9.51. The zero-order chi connectivity index (χ0) is 23.4. The summed E-state index contributed by atoms with van der Waals surface area (Å²) in [6.07, 6.45) is 22.8. The van der Waals surface area contributed by atoms with E-state index < -0.39 is 0 Å². The van der Waals surface area contributed by atoms with E-state index in [1.807, 2.05) is 0 Å². The lowest BCUT2D eigenvalue weighted by molar-refractivity contribution is 0.279. The molecule has 0 bridgehead atoms. The van der Waals surface area contributed by atoms with E-state index in [0.29, 0.717) is 12.4 Å². The zero-order valence-corrected chi connectivity index (χ0v) is 21.5. The van der Waals surface area contributed by atoms with Gasteiger partial charge >= 0.3 is 0 Å². The van der Waals surface area contributed by atoms with Gasteiger partial charge in [0.1, 0.15) is 0 Å². The molecule has 3 heteroatoms. The van der Waals surface area contributed by atoms with E-state index in [1.165, 1.54) is 95.5 Å². The number of rotatable bonds is 21. The molecule has 0 aromatic heterocycles. The number of benzene rings is 1. The van der Waals surface area contributed by atoms with E-state index >= 15 is 0 Å². The van der Waals surface area contributed by atoms with Crippen LogP contribution in [0.25, 0.3) is 0 Å². The van der Waals surface area contributed by atoms with Crippen LogP contribution in [0.1, 0.15) is 141 Å². The smallest absolute Gasteiger partial charge is 0.200 e. The highest BCUT2D eigenvalue weighted by Gasteiger charge is 2.18. The molecular weight excluding hydrogens is 396 g/mol. The molecule has 0 unspecified atom stereocenters. The van der Waals surface area contributed by atoms with E-state index in [2.05, 4.69) is 20.8 Å². The Labute approximate surface area is 199 Å². The fourth-order valence-electron chi connectivity index (χ4n) is 4.44. The van der Waals surface area contributed by atoms with Crippen molar-refractivity contribution in [3.8, 4) is 17.2 Å². The van der Waals surface area contributed by atoms with Gasteiger partial charge in [-0.05, 0) is 43.7 Å². The number of ether oxygens (including phenoxy) is 1. The van der Waals surface area contributed by atoms with Crippen LogP contribution in [-0.2, 0) is 12.8 Å². The van der Waals surface area contributed by atoms with Crippen molar-refractivity contribution in [1.29, 1.82) is 0 Å². The standard InChI is InChI=1S/C29H52O3/c1-4-7-10-13-14-17-20-23-32-29-26(22-19-16-12-9-6-3)25(24-27(30)28(29)31)21-18-15-11-8-5-2/h24,30-31H,4-23H2,1-3H3. The third kappa shape index (κ3) is 12.0. The highest BCUT2D eigenvalue weighted by Crippen LogP contribution is 2.42. The molecule has 186 valence electrons. The predicted molar refractivity (Wildman–Crippen MR) is 138 cm³/mol. The maximum atomic E-state index is 10.6. The van der Waals surface area contributed by atoms with Crippen molar-refractivity contribution in [2.45, 2.75) is 143 Å². The Bertz CT molecular complexity index is 582. The van der Waals surface area contributed by atoms with E-state index in [-0.39, 0.29) is 11.5 Å². The predicted octanol–water partition coefficient (Wildman–Crippen LogP) is 9.25. The van der Waals surface area contributed by atoms with Gasteiger partial charge in [-0.1, -0.05) is 111 Å². The Balaban J connectivity index is 2.74. The number of phenols is 2. The van der Waals surface area contributed by atoms with Gasteiger partial charge in [0, 0.05) is 5.56 Å². The molecule has 0 aliphatic rings. The van der Waals surface area contributed by atoms with Gasteiger partial charge in [0.25, 0.3) is 0 Å². The average molecular weight is 449 g/mol. The summed E-state index contributed by atoms with van der Waals surface area (Å²) >= 11 is 0. The van der Waals surface area contributed by atoms with Gasteiger partial charge in [-0.25, -0.2) is 0 Å². The van der Waals surface area contributed by atoms with E-state index in [1.54, 1.807) is 6.07 Å². The highest BCUT2D eigenvalue weighted by molar-refractivity contribution is 5.58. The fourth-order valence-corrected chi connectivity index (χ4v) is 4.44. The number of unbranched alkanes of at least 4 members (excludes halogenated alkanes) is 14. The zero-order valence-electron chi connectivity index (χ0n) is 21.5. The lowest BCUT2D eigenvalue weighted by Crippen LogP contribution is -2.05. The first-order chi connectivity index (χ1) is 15.7. The summed E-state index contributed by atoms with van der Waals surface area (Å²) in [5, 5.41) is 21.0. The lowest BCUT2D eigenvalue weighted by atomic mass is 9.94. The minimum absolute atomic E-state index is 0.0298. The van der Waals surface area contributed by atoms with Gasteiger partial charge in [-0.15, -0.1) is 0 Å². The molecule has 0 saturated heterocycles. The third-order valence-corrected chi connectivity index (χ3v) is 6.50. The van der Waals surface area contributed by atoms with Gasteiger partial charge in [-0.2, -0.15) is 0 Å². The Morgan fingerprint density at radius 2 is 1.06 bits per heavy atom. The Hall–Kier alpha value is -1.38. The summed E-state index contributed by atoms with van der Waals surface area (Å²) in [5.74, 6) is 0.458. The molecule has 0 heterocycles.